The zero-order valence-corrected chi connectivity index (χ0v) is 19.8. The fourth-order valence-electron chi connectivity index (χ4n) is 4.55. The summed E-state index contributed by atoms with van der Waals surface area (Å²) in [5.41, 5.74) is 6.77. The van der Waals surface area contributed by atoms with Crippen LogP contribution in [0.2, 0.25) is 0 Å². The van der Waals surface area contributed by atoms with E-state index in [1.165, 1.54) is 12.1 Å². The highest BCUT2D eigenvalue weighted by atomic mass is 19.1. The molecule has 9 nitrogen and oxygen atoms in total. The lowest BCUT2D eigenvalue weighted by Crippen LogP contribution is -2.52. The van der Waals surface area contributed by atoms with Crippen LogP contribution in [-0.2, 0) is 17.9 Å². The summed E-state index contributed by atoms with van der Waals surface area (Å²) in [5.74, 6) is -0.983. The van der Waals surface area contributed by atoms with Gasteiger partial charge in [-0.05, 0) is 25.0 Å². The Morgan fingerprint density at radius 2 is 1.79 bits per heavy atom. The van der Waals surface area contributed by atoms with E-state index in [1.807, 2.05) is 25.7 Å². The van der Waals surface area contributed by atoms with Gasteiger partial charge >= 0.3 is 6.03 Å². The Morgan fingerprint density at radius 3 is 2.41 bits per heavy atom. The molecule has 4 rings (SSSR count). The Bertz CT molecular complexity index is 1110. The molecule has 0 unspecified atom stereocenters. The molecule has 1 aromatic carbocycles. The van der Waals surface area contributed by atoms with E-state index in [0.717, 1.165) is 0 Å². The molecule has 4 amide bonds. The maximum Gasteiger partial charge on any atom is 0.318 e. The monoisotopic (exact) mass is 470 g/mol. The summed E-state index contributed by atoms with van der Waals surface area (Å²) < 4.78 is 15.4. The van der Waals surface area contributed by atoms with Crippen LogP contribution in [0.15, 0.2) is 24.3 Å². The van der Waals surface area contributed by atoms with E-state index in [1.54, 1.807) is 21.7 Å². The molecular formula is C24H31FN6O3. The molecule has 1 saturated heterocycles. The molecule has 10 heteroatoms. The van der Waals surface area contributed by atoms with E-state index in [2.05, 4.69) is 10.4 Å². The van der Waals surface area contributed by atoms with Crippen LogP contribution < -0.4 is 11.1 Å². The van der Waals surface area contributed by atoms with Gasteiger partial charge in [0.15, 0.2) is 0 Å². The van der Waals surface area contributed by atoms with Crippen LogP contribution in [0.5, 0.6) is 0 Å². The van der Waals surface area contributed by atoms with Crippen molar-refractivity contribution in [2.45, 2.75) is 52.7 Å². The topological polar surface area (TPSA) is 114 Å². The first kappa shape index (κ1) is 23.7. The van der Waals surface area contributed by atoms with Crippen molar-refractivity contribution in [1.82, 2.24) is 24.9 Å². The Morgan fingerprint density at radius 1 is 1.09 bits per heavy atom. The molecule has 3 heterocycles. The van der Waals surface area contributed by atoms with Crippen molar-refractivity contribution in [2.24, 2.45) is 11.1 Å². The van der Waals surface area contributed by atoms with Crippen molar-refractivity contribution < 1.29 is 18.8 Å². The van der Waals surface area contributed by atoms with Crippen LogP contribution in [0, 0.1) is 11.2 Å². The van der Waals surface area contributed by atoms with Gasteiger partial charge in [0, 0.05) is 36.7 Å². The highest BCUT2D eigenvalue weighted by Gasteiger charge is 2.33. The number of hydrogen-bond acceptors (Lipinski definition) is 4. The number of urea groups is 1. The molecule has 2 aliphatic heterocycles. The molecule has 1 fully saturated rings. The average Bonchev–Trinajstić information content (AvgIpc) is 3.17. The van der Waals surface area contributed by atoms with Crippen LogP contribution >= 0.6 is 0 Å². The quantitative estimate of drug-likeness (QED) is 0.717. The molecule has 0 radical (unpaired) electrons. The minimum absolute atomic E-state index is 0.0261. The van der Waals surface area contributed by atoms with Crippen molar-refractivity contribution in [3.63, 3.8) is 0 Å². The minimum atomic E-state index is -0.668. The lowest BCUT2D eigenvalue weighted by atomic mass is 9.93. The number of halogens is 1. The molecule has 1 aromatic heterocycles. The first-order chi connectivity index (χ1) is 16.0. The summed E-state index contributed by atoms with van der Waals surface area (Å²) in [7, 11) is 0. The maximum atomic E-state index is 13.8. The molecule has 0 spiro atoms. The van der Waals surface area contributed by atoms with Crippen molar-refractivity contribution in [3.05, 3.63) is 41.3 Å². The van der Waals surface area contributed by atoms with E-state index in [0.29, 0.717) is 56.0 Å². The summed E-state index contributed by atoms with van der Waals surface area (Å²) in [4.78, 5) is 41.3. The van der Waals surface area contributed by atoms with Gasteiger partial charge in [0.25, 0.3) is 5.91 Å². The van der Waals surface area contributed by atoms with Crippen LogP contribution in [0.4, 0.5) is 9.18 Å². The van der Waals surface area contributed by atoms with Gasteiger partial charge in [-0.2, -0.15) is 5.10 Å². The number of piperidine rings is 1. The van der Waals surface area contributed by atoms with E-state index in [-0.39, 0.29) is 30.1 Å². The second kappa shape index (κ2) is 9.08. The lowest BCUT2D eigenvalue weighted by Gasteiger charge is -2.37. The molecule has 3 N–H and O–H groups in total. The number of likely N-dealkylation sites (tertiary alicyclic amines) is 1. The zero-order chi connectivity index (χ0) is 24.6. The Hall–Kier alpha value is -3.43. The summed E-state index contributed by atoms with van der Waals surface area (Å²) in [6.45, 7) is 7.93. The largest absolute Gasteiger partial charge is 0.365 e. The molecule has 182 valence electrons. The number of carbonyl (C=O) groups excluding carboxylic acids is 3. The third kappa shape index (κ3) is 4.76. The normalized spacial score (nSPS) is 16.8. The van der Waals surface area contributed by atoms with Gasteiger partial charge in [-0.15, -0.1) is 0 Å². The van der Waals surface area contributed by atoms with Gasteiger partial charge in [-0.1, -0.05) is 32.9 Å². The standard InChI is InChI=1S/C24H31FN6O3/c1-24(2,3)22(33)29-9-7-17(8-10-29)27-23(34)30-11-12-31-18(14-30)19(21(26)32)20(28-31)15-5-4-6-16(25)13-15/h4-6,13,17H,7-12,14H2,1-3H3,(H2,26,32)(H,27,34). The minimum Gasteiger partial charge on any atom is -0.365 e. The molecule has 0 bridgehead atoms. The van der Waals surface area contributed by atoms with Crippen molar-refractivity contribution >= 4 is 17.8 Å². The average molecular weight is 471 g/mol. The van der Waals surface area contributed by atoms with Crippen LogP contribution in [0.25, 0.3) is 11.3 Å². The fourth-order valence-corrected chi connectivity index (χ4v) is 4.55. The summed E-state index contributed by atoms with van der Waals surface area (Å²) in [6, 6.07) is 5.60. The molecule has 34 heavy (non-hydrogen) atoms. The third-order valence-corrected chi connectivity index (χ3v) is 6.36. The Balaban J connectivity index is 1.44. The number of amides is 4. The smallest absolute Gasteiger partial charge is 0.318 e. The van der Waals surface area contributed by atoms with Crippen molar-refractivity contribution in [1.29, 1.82) is 0 Å². The Kier molecular flexibility index (Phi) is 6.33. The van der Waals surface area contributed by atoms with Gasteiger partial charge < -0.3 is 20.9 Å². The second-order valence-electron chi connectivity index (χ2n) is 9.96. The third-order valence-electron chi connectivity index (χ3n) is 6.36. The predicted molar refractivity (Wildman–Crippen MR) is 124 cm³/mol. The number of fused-ring (bicyclic) bond motifs is 1. The number of nitrogens with one attached hydrogen (secondary N) is 1. The first-order valence-electron chi connectivity index (χ1n) is 11.5. The number of nitrogens with zero attached hydrogens (tertiary/aromatic N) is 4. The number of hydrogen-bond donors (Lipinski definition) is 2. The molecule has 0 saturated carbocycles. The van der Waals surface area contributed by atoms with Gasteiger partial charge in [-0.3, -0.25) is 14.3 Å². The van der Waals surface area contributed by atoms with Gasteiger partial charge in [-0.25, -0.2) is 9.18 Å². The number of benzene rings is 1. The highest BCUT2D eigenvalue weighted by molar-refractivity contribution is 6.00. The van der Waals surface area contributed by atoms with Crippen molar-refractivity contribution in [3.8, 4) is 11.3 Å². The van der Waals surface area contributed by atoms with Gasteiger partial charge in [0.2, 0.25) is 5.91 Å². The number of primary amides is 1. The lowest BCUT2D eigenvalue weighted by molar-refractivity contribution is -0.140. The molecule has 2 aliphatic rings. The zero-order valence-electron chi connectivity index (χ0n) is 19.8. The van der Waals surface area contributed by atoms with E-state index in [9.17, 15) is 18.8 Å². The van der Waals surface area contributed by atoms with Gasteiger partial charge in [0.05, 0.1) is 24.3 Å². The number of carbonyl (C=O) groups is 3. The predicted octanol–water partition coefficient (Wildman–Crippen LogP) is 2.35. The number of aromatic nitrogens is 2. The summed E-state index contributed by atoms with van der Waals surface area (Å²) in [6.07, 6.45) is 1.38. The van der Waals surface area contributed by atoms with Crippen LogP contribution in [0.1, 0.15) is 49.7 Å². The summed E-state index contributed by atoms with van der Waals surface area (Å²) >= 11 is 0. The maximum absolute atomic E-state index is 13.8. The molecule has 2 aromatic rings. The number of rotatable bonds is 3. The van der Waals surface area contributed by atoms with Crippen LogP contribution in [-0.4, -0.2) is 63.1 Å². The van der Waals surface area contributed by atoms with E-state index in [4.69, 9.17) is 5.73 Å². The fraction of sp³-hybridized carbons (Fsp3) is 0.500. The molecule has 0 atom stereocenters. The number of nitrogens with two attached hydrogens (primary N) is 1. The van der Waals surface area contributed by atoms with E-state index >= 15 is 0 Å². The second-order valence-corrected chi connectivity index (χ2v) is 9.96. The highest BCUT2D eigenvalue weighted by Crippen LogP contribution is 2.29. The first-order valence-corrected chi connectivity index (χ1v) is 11.5. The van der Waals surface area contributed by atoms with Crippen molar-refractivity contribution in [2.75, 3.05) is 19.6 Å². The Labute approximate surface area is 198 Å². The molecular weight excluding hydrogens is 439 g/mol. The SMILES string of the molecule is CC(C)(C)C(=O)N1CCC(NC(=O)N2CCn3nc(-c4cccc(F)c4)c(C(N)=O)c3C2)CC1. The molecule has 0 aliphatic carbocycles. The summed E-state index contributed by atoms with van der Waals surface area (Å²) in [5, 5.41) is 7.56. The van der Waals surface area contributed by atoms with Gasteiger partial charge in [0.1, 0.15) is 11.5 Å². The van der Waals surface area contributed by atoms with Crippen LogP contribution in [0.3, 0.4) is 0 Å². The van der Waals surface area contributed by atoms with E-state index < -0.39 is 17.1 Å².